The zero-order chi connectivity index (χ0) is 17.8. The molecule has 0 aliphatic rings. The molecule has 0 atom stereocenters. The van der Waals surface area contributed by atoms with Crippen molar-refractivity contribution >= 4 is 34.6 Å². The summed E-state index contributed by atoms with van der Waals surface area (Å²) >= 11 is 5.72. The Morgan fingerprint density at radius 1 is 1.28 bits per heavy atom. The minimum Gasteiger partial charge on any atom is -0.467 e. The second-order valence-electron chi connectivity index (χ2n) is 4.86. The van der Waals surface area contributed by atoms with Gasteiger partial charge in [-0.05, 0) is 30.3 Å². The van der Waals surface area contributed by atoms with Gasteiger partial charge in [-0.3, -0.25) is 10.1 Å². The molecule has 3 rings (SSSR count). The molecule has 0 radical (unpaired) electrons. The van der Waals surface area contributed by atoms with Crippen LogP contribution in [0.3, 0.4) is 0 Å². The minimum atomic E-state index is -0.613. The van der Waals surface area contributed by atoms with Gasteiger partial charge >= 0.3 is 5.69 Å². The monoisotopic (exact) mass is 363 g/mol. The van der Waals surface area contributed by atoms with Crippen molar-refractivity contribution in [2.75, 3.05) is 10.6 Å². The van der Waals surface area contributed by atoms with E-state index in [0.29, 0.717) is 11.4 Å². The molecule has 128 valence electrons. The second kappa shape index (κ2) is 7.14. The molecule has 25 heavy (non-hydrogen) atoms. The number of furan rings is 1. The molecule has 0 spiro atoms. The van der Waals surface area contributed by atoms with E-state index in [2.05, 4.69) is 20.6 Å². The van der Waals surface area contributed by atoms with Gasteiger partial charge in [-0.1, -0.05) is 11.6 Å². The summed E-state index contributed by atoms with van der Waals surface area (Å²) in [5.41, 5.74) is -0.000289. The predicted molar refractivity (Wildman–Crippen MR) is 89.4 cm³/mol. The van der Waals surface area contributed by atoms with Crippen LogP contribution in [0.4, 0.5) is 27.4 Å². The number of nitro groups is 1. The molecule has 0 aliphatic heterocycles. The van der Waals surface area contributed by atoms with Gasteiger partial charge in [0.25, 0.3) is 0 Å². The molecule has 8 nitrogen and oxygen atoms in total. The third-order valence-corrected chi connectivity index (χ3v) is 3.49. The lowest BCUT2D eigenvalue weighted by Crippen LogP contribution is -2.08. The summed E-state index contributed by atoms with van der Waals surface area (Å²) in [5, 5.41) is 16.9. The molecule has 2 heterocycles. The van der Waals surface area contributed by atoms with Gasteiger partial charge in [0, 0.05) is 5.69 Å². The molecular weight excluding hydrogens is 353 g/mol. The number of hydrogen-bond acceptors (Lipinski definition) is 7. The molecule has 0 bridgehead atoms. The number of halogens is 2. The molecule has 0 amide bonds. The van der Waals surface area contributed by atoms with Crippen LogP contribution in [0.5, 0.6) is 0 Å². The normalized spacial score (nSPS) is 10.5. The smallest absolute Gasteiger partial charge is 0.353 e. The number of rotatable bonds is 6. The summed E-state index contributed by atoms with van der Waals surface area (Å²) in [6.07, 6.45) is 2.67. The number of nitrogens with one attached hydrogen (secondary N) is 2. The van der Waals surface area contributed by atoms with Gasteiger partial charge in [-0.25, -0.2) is 14.4 Å². The van der Waals surface area contributed by atoms with Crippen molar-refractivity contribution in [3.05, 3.63) is 69.6 Å². The Kier molecular flexibility index (Phi) is 4.75. The van der Waals surface area contributed by atoms with Crippen molar-refractivity contribution in [3.63, 3.8) is 0 Å². The summed E-state index contributed by atoms with van der Waals surface area (Å²) in [5.74, 6) is -0.0327. The highest BCUT2D eigenvalue weighted by Gasteiger charge is 2.23. The fourth-order valence-electron chi connectivity index (χ4n) is 2.07. The SMILES string of the molecule is O=[N+]([O-])c1c(NCc2ccco2)ncnc1Nc1ccc(F)c(Cl)c1. The summed E-state index contributed by atoms with van der Waals surface area (Å²) < 4.78 is 18.4. The quantitative estimate of drug-likeness (QED) is 0.501. The lowest BCUT2D eigenvalue weighted by molar-refractivity contribution is -0.383. The van der Waals surface area contributed by atoms with E-state index in [1.165, 1.54) is 24.7 Å². The van der Waals surface area contributed by atoms with Crippen molar-refractivity contribution in [1.29, 1.82) is 0 Å². The first kappa shape index (κ1) is 16.7. The predicted octanol–water partition coefficient (Wildman–Crippen LogP) is 4.13. The molecule has 0 fully saturated rings. The van der Waals surface area contributed by atoms with Gasteiger partial charge < -0.3 is 15.1 Å². The zero-order valence-corrected chi connectivity index (χ0v) is 13.3. The Morgan fingerprint density at radius 2 is 2.08 bits per heavy atom. The molecule has 0 saturated carbocycles. The Hall–Kier alpha value is -3.20. The summed E-state index contributed by atoms with van der Waals surface area (Å²) in [6, 6.07) is 7.27. The number of nitrogens with zero attached hydrogens (tertiary/aromatic N) is 3. The van der Waals surface area contributed by atoms with Crippen LogP contribution in [0.2, 0.25) is 5.02 Å². The topological polar surface area (TPSA) is 106 Å². The number of hydrogen-bond donors (Lipinski definition) is 2. The average Bonchev–Trinajstić information content (AvgIpc) is 3.09. The Balaban J connectivity index is 1.89. The number of aromatic nitrogens is 2. The van der Waals surface area contributed by atoms with E-state index in [0.717, 1.165) is 6.07 Å². The van der Waals surface area contributed by atoms with Gasteiger partial charge in [-0.2, -0.15) is 0 Å². The van der Waals surface area contributed by atoms with Crippen molar-refractivity contribution in [2.24, 2.45) is 0 Å². The van der Waals surface area contributed by atoms with E-state index in [-0.39, 0.29) is 28.9 Å². The van der Waals surface area contributed by atoms with E-state index in [9.17, 15) is 14.5 Å². The zero-order valence-electron chi connectivity index (χ0n) is 12.6. The van der Waals surface area contributed by atoms with Crippen LogP contribution in [-0.4, -0.2) is 14.9 Å². The maximum absolute atomic E-state index is 13.2. The fourth-order valence-corrected chi connectivity index (χ4v) is 2.25. The highest BCUT2D eigenvalue weighted by atomic mass is 35.5. The molecule has 1 aromatic carbocycles. The van der Waals surface area contributed by atoms with Crippen LogP contribution in [0, 0.1) is 15.9 Å². The van der Waals surface area contributed by atoms with Crippen LogP contribution < -0.4 is 10.6 Å². The van der Waals surface area contributed by atoms with E-state index in [1.54, 1.807) is 12.1 Å². The third-order valence-electron chi connectivity index (χ3n) is 3.20. The standard InChI is InChI=1S/C15H11ClFN5O3/c16-11-6-9(3-4-12(11)17)21-15-13(22(23)24)14(19-8-20-15)18-7-10-2-1-5-25-10/h1-6,8H,7H2,(H2,18,19,20,21). The van der Waals surface area contributed by atoms with E-state index in [4.69, 9.17) is 16.0 Å². The minimum absolute atomic E-state index is 0.0205. The molecule has 0 unspecified atom stereocenters. The summed E-state index contributed by atoms with van der Waals surface area (Å²) in [4.78, 5) is 18.6. The van der Waals surface area contributed by atoms with E-state index >= 15 is 0 Å². The van der Waals surface area contributed by atoms with E-state index in [1.807, 2.05) is 0 Å². The van der Waals surface area contributed by atoms with Gasteiger partial charge in [0.2, 0.25) is 11.6 Å². The van der Waals surface area contributed by atoms with Gasteiger partial charge in [0.05, 0.1) is 22.8 Å². The fraction of sp³-hybridized carbons (Fsp3) is 0.0667. The molecular formula is C15H11ClFN5O3. The average molecular weight is 364 g/mol. The first-order chi connectivity index (χ1) is 12.0. The van der Waals surface area contributed by atoms with Crippen molar-refractivity contribution in [2.45, 2.75) is 6.54 Å². The van der Waals surface area contributed by atoms with Crippen molar-refractivity contribution in [3.8, 4) is 0 Å². The first-order valence-electron chi connectivity index (χ1n) is 7.02. The Labute approximate surface area is 145 Å². The third kappa shape index (κ3) is 3.83. The molecule has 0 aliphatic carbocycles. The van der Waals surface area contributed by atoms with E-state index < -0.39 is 10.7 Å². The molecule has 3 aromatic rings. The van der Waals surface area contributed by atoms with Crippen LogP contribution in [0.15, 0.2) is 47.3 Å². The largest absolute Gasteiger partial charge is 0.467 e. The molecule has 0 saturated heterocycles. The summed E-state index contributed by atoms with van der Waals surface area (Å²) in [6.45, 7) is 0.215. The lowest BCUT2D eigenvalue weighted by atomic mass is 10.3. The maximum atomic E-state index is 13.2. The van der Waals surface area contributed by atoms with Crippen LogP contribution >= 0.6 is 11.6 Å². The first-order valence-corrected chi connectivity index (χ1v) is 7.40. The molecule has 10 heteroatoms. The van der Waals surface area contributed by atoms with Gasteiger partial charge in [0.1, 0.15) is 17.9 Å². The van der Waals surface area contributed by atoms with Gasteiger partial charge in [-0.15, -0.1) is 0 Å². The molecule has 2 aromatic heterocycles. The number of benzene rings is 1. The van der Waals surface area contributed by atoms with Crippen molar-refractivity contribution in [1.82, 2.24) is 9.97 Å². The highest BCUT2D eigenvalue weighted by molar-refractivity contribution is 6.31. The van der Waals surface area contributed by atoms with Crippen LogP contribution in [0.1, 0.15) is 5.76 Å². The van der Waals surface area contributed by atoms with Crippen LogP contribution in [0.25, 0.3) is 0 Å². The Morgan fingerprint density at radius 3 is 2.76 bits per heavy atom. The maximum Gasteiger partial charge on any atom is 0.353 e. The van der Waals surface area contributed by atoms with Crippen molar-refractivity contribution < 1.29 is 13.7 Å². The van der Waals surface area contributed by atoms with Crippen LogP contribution in [-0.2, 0) is 6.54 Å². The van der Waals surface area contributed by atoms with Gasteiger partial charge in [0.15, 0.2) is 0 Å². The summed E-state index contributed by atoms with van der Waals surface area (Å²) in [7, 11) is 0. The Bertz CT molecular complexity index is 904. The lowest BCUT2D eigenvalue weighted by Gasteiger charge is -2.10. The second-order valence-corrected chi connectivity index (χ2v) is 5.27. The number of anilines is 3. The molecule has 2 N–H and O–H groups in total. The highest BCUT2D eigenvalue weighted by Crippen LogP contribution is 2.32.